The van der Waals surface area contributed by atoms with Gasteiger partial charge in [0.2, 0.25) is 5.91 Å². The smallest absolute Gasteiger partial charge is 0.319 e. The molecule has 112 valence electrons. The molecule has 20 heavy (non-hydrogen) atoms. The van der Waals surface area contributed by atoms with Gasteiger partial charge in [-0.25, -0.2) is 4.98 Å². The molecule has 0 fully saturated rings. The summed E-state index contributed by atoms with van der Waals surface area (Å²) in [6, 6.07) is -0.295. The number of carbonyl (C=O) groups is 2. The van der Waals surface area contributed by atoms with Crippen LogP contribution in [0.2, 0.25) is 0 Å². The maximum Gasteiger partial charge on any atom is 0.319 e. The third-order valence-electron chi connectivity index (χ3n) is 2.94. The van der Waals surface area contributed by atoms with Gasteiger partial charge in [-0.2, -0.15) is 0 Å². The minimum Gasteiger partial charge on any atom is -0.465 e. The van der Waals surface area contributed by atoms with E-state index in [-0.39, 0.29) is 18.6 Å². The van der Waals surface area contributed by atoms with E-state index in [1.807, 2.05) is 27.7 Å². The molecule has 1 heterocycles. The van der Waals surface area contributed by atoms with Crippen molar-refractivity contribution in [2.75, 3.05) is 6.61 Å². The van der Waals surface area contributed by atoms with Gasteiger partial charge in [0.1, 0.15) is 11.7 Å². The number of esters is 1. The lowest BCUT2D eigenvalue weighted by Crippen LogP contribution is -2.44. The molecule has 0 aliphatic rings. The van der Waals surface area contributed by atoms with Crippen LogP contribution in [0, 0.1) is 11.3 Å². The summed E-state index contributed by atoms with van der Waals surface area (Å²) in [5, 5.41) is 2.79. The van der Waals surface area contributed by atoms with Crippen LogP contribution in [-0.2, 0) is 14.3 Å². The largest absolute Gasteiger partial charge is 0.465 e. The van der Waals surface area contributed by atoms with Crippen molar-refractivity contribution in [3.8, 4) is 0 Å². The Morgan fingerprint density at radius 3 is 2.55 bits per heavy atom. The molecule has 2 N–H and O–H groups in total. The molecule has 0 saturated carbocycles. The zero-order valence-electron chi connectivity index (χ0n) is 12.7. The Kier molecular flexibility index (Phi) is 5.30. The summed E-state index contributed by atoms with van der Waals surface area (Å²) < 4.78 is 5.00. The predicted octanol–water partition coefficient (Wildman–Crippen LogP) is 1.81. The lowest BCUT2D eigenvalue weighted by molar-refractivity contribution is -0.156. The van der Waals surface area contributed by atoms with Crippen LogP contribution in [0.1, 0.15) is 46.5 Å². The zero-order valence-corrected chi connectivity index (χ0v) is 12.7. The SMILES string of the molecule is CCOC(=O)C(C(=O)NC(C)c1ncc[nH]1)C(C)(C)C. The molecule has 6 heteroatoms. The first kappa shape index (κ1) is 16.2. The van der Waals surface area contributed by atoms with Crippen LogP contribution in [0.25, 0.3) is 0 Å². The highest BCUT2D eigenvalue weighted by Crippen LogP contribution is 2.28. The third kappa shape index (κ3) is 4.08. The van der Waals surface area contributed by atoms with Crippen molar-refractivity contribution in [3.05, 3.63) is 18.2 Å². The van der Waals surface area contributed by atoms with E-state index in [0.29, 0.717) is 5.82 Å². The van der Waals surface area contributed by atoms with E-state index < -0.39 is 17.3 Å². The first-order chi connectivity index (χ1) is 9.27. The van der Waals surface area contributed by atoms with Gasteiger partial charge in [0.15, 0.2) is 0 Å². The number of hydrogen-bond donors (Lipinski definition) is 2. The second kappa shape index (κ2) is 6.54. The van der Waals surface area contributed by atoms with Gasteiger partial charge < -0.3 is 15.0 Å². The Hall–Kier alpha value is -1.85. The average molecular weight is 281 g/mol. The number of amides is 1. The summed E-state index contributed by atoms with van der Waals surface area (Å²) in [7, 11) is 0. The first-order valence-corrected chi connectivity index (χ1v) is 6.73. The summed E-state index contributed by atoms with van der Waals surface area (Å²) in [6.07, 6.45) is 3.30. The molecule has 0 aromatic carbocycles. The van der Waals surface area contributed by atoms with Crippen LogP contribution in [-0.4, -0.2) is 28.5 Å². The quantitative estimate of drug-likeness (QED) is 0.637. The van der Waals surface area contributed by atoms with Gasteiger partial charge >= 0.3 is 5.97 Å². The molecule has 0 radical (unpaired) electrons. The molecule has 1 aromatic heterocycles. The average Bonchev–Trinajstić information content (AvgIpc) is 2.80. The van der Waals surface area contributed by atoms with Gasteiger partial charge in [-0.05, 0) is 19.3 Å². The molecule has 6 nitrogen and oxygen atoms in total. The van der Waals surface area contributed by atoms with E-state index in [1.165, 1.54) is 0 Å². The van der Waals surface area contributed by atoms with Gasteiger partial charge in [-0.3, -0.25) is 9.59 Å². The number of H-pyrrole nitrogens is 1. The summed E-state index contributed by atoms with van der Waals surface area (Å²) in [5.74, 6) is -1.04. The highest BCUT2D eigenvalue weighted by molar-refractivity contribution is 5.98. The first-order valence-electron chi connectivity index (χ1n) is 6.73. The molecule has 1 aromatic rings. The predicted molar refractivity (Wildman–Crippen MR) is 74.7 cm³/mol. The number of nitrogens with zero attached hydrogens (tertiary/aromatic N) is 1. The van der Waals surface area contributed by atoms with Crippen molar-refractivity contribution in [2.24, 2.45) is 11.3 Å². The monoisotopic (exact) mass is 281 g/mol. The highest BCUT2D eigenvalue weighted by Gasteiger charge is 2.39. The maximum atomic E-state index is 12.4. The molecule has 1 amide bonds. The molecule has 0 aliphatic carbocycles. The molecule has 1 rings (SSSR count). The Morgan fingerprint density at radius 1 is 1.45 bits per heavy atom. The van der Waals surface area contributed by atoms with Gasteiger partial charge in [-0.15, -0.1) is 0 Å². The lowest BCUT2D eigenvalue weighted by atomic mass is 9.80. The van der Waals surface area contributed by atoms with Gasteiger partial charge in [0.25, 0.3) is 0 Å². The number of imidazole rings is 1. The molecule has 2 unspecified atom stereocenters. The van der Waals surface area contributed by atoms with E-state index in [1.54, 1.807) is 19.3 Å². The maximum absolute atomic E-state index is 12.4. The number of nitrogens with one attached hydrogen (secondary N) is 2. The second-order valence-corrected chi connectivity index (χ2v) is 5.76. The van der Waals surface area contributed by atoms with Crippen LogP contribution in [0.15, 0.2) is 12.4 Å². The number of hydrogen-bond acceptors (Lipinski definition) is 4. The zero-order chi connectivity index (χ0) is 15.3. The van der Waals surface area contributed by atoms with Crippen LogP contribution >= 0.6 is 0 Å². The fraction of sp³-hybridized carbons (Fsp3) is 0.643. The van der Waals surface area contributed by atoms with Crippen LogP contribution < -0.4 is 5.32 Å². The van der Waals surface area contributed by atoms with Crippen molar-refractivity contribution < 1.29 is 14.3 Å². The van der Waals surface area contributed by atoms with E-state index in [2.05, 4.69) is 15.3 Å². The Morgan fingerprint density at radius 2 is 2.10 bits per heavy atom. The fourth-order valence-electron chi connectivity index (χ4n) is 1.96. The molecule has 0 bridgehead atoms. The standard InChI is InChI=1S/C14H23N3O3/c1-6-20-13(19)10(14(3,4)5)12(18)17-9(2)11-15-7-8-16-11/h7-10H,6H2,1-5H3,(H,15,16)(H,17,18). The fourth-order valence-corrected chi connectivity index (χ4v) is 1.96. The highest BCUT2D eigenvalue weighted by atomic mass is 16.5. The molecule has 0 aliphatic heterocycles. The Bertz CT molecular complexity index is 449. The minimum absolute atomic E-state index is 0.256. The lowest BCUT2D eigenvalue weighted by Gasteiger charge is -2.28. The Labute approximate surface area is 119 Å². The minimum atomic E-state index is -0.847. The molecule has 2 atom stereocenters. The topological polar surface area (TPSA) is 84.1 Å². The number of ether oxygens (including phenoxy) is 1. The van der Waals surface area contributed by atoms with Crippen molar-refractivity contribution in [1.82, 2.24) is 15.3 Å². The van der Waals surface area contributed by atoms with Crippen LogP contribution in [0.5, 0.6) is 0 Å². The molecule has 0 spiro atoms. The number of carbonyl (C=O) groups excluding carboxylic acids is 2. The summed E-state index contributed by atoms with van der Waals surface area (Å²) in [5.41, 5.74) is -0.515. The van der Waals surface area contributed by atoms with Gasteiger partial charge in [0, 0.05) is 12.4 Å². The summed E-state index contributed by atoms with van der Waals surface area (Å²) >= 11 is 0. The van der Waals surface area contributed by atoms with Crippen LogP contribution in [0.3, 0.4) is 0 Å². The van der Waals surface area contributed by atoms with Crippen molar-refractivity contribution in [3.63, 3.8) is 0 Å². The number of rotatable bonds is 5. The van der Waals surface area contributed by atoms with E-state index in [4.69, 9.17) is 4.74 Å². The normalized spacial score (nSPS) is 14.4. The van der Waals surface area contributed by atoms with Gasteiger partial charge in [-0.1, -0.05) is 20.8 Å². The molecular weight excluding hydrogens is 258 g/mol. The van der Waals surface area contributed by atoms with E-state index in [9.17, 15) is 9.59 Å². The third-order valence-corrected chi connectivity index (χ3v) is 2.94. The number of aromatic nitrogens is 2. The van der Waals surface area contributed by atoms with Gasteiger partial charge in [0.05, 0.1) is 12.6 Å². The summed E-state index contributed by atoms with van der Waals surface area (Å²) in [6.45, 7) is 9.30. The molecular formula is C14H23N3O3. The van der Waals surface area contributed by atoms with Crippen molar-refractivity contribution in [1.29, 1.82) is 0 Å². The van der Waals surface area contributed by atoms with Crippen molar-refractivity contribution >= 4 is 11.9 Å². The van der Waals surface area contributed by atoms with E-state index >= 15 is 0 Å². The van der Waals surface area contributed by atoms with Crippen molar-refractivity contribution in [2.45, 2.75) is 40.7 Å². The number of aromatic amines is 1. The van der Waals surface area contributed by atoms with Crippen LogP contribution in [0.4, 0.5) is 0 Å². The van der Waals surface area contributed by atoms with E-state index in [0.717, 1.165) is 0 Å². The molecule has 0 saturated heterocycles. The second-order valence-electron chi connectivity index (χ2n) is 5.76. The Balaban J connectivity index is 2.81. The summed E-state index contributed by atoms with van der Waals surface area (Å²) in [4.78, 5) is 31.4.